The van der Waals surface area contributed by atoms with Gasteiger partial charge in [0.25, 0.3) is 0 Å². The quantitative estimate of drug-likeness (QED) is 0.502. The third-order valence-corrected chi connectivity index (χ3v) is 5.25. The standard InChI is InChI=1S/C25H29NO2/c1-6-19-12-11-13-20(7-2)23(19)24-17(3)25(27-5)22(18(4)26-24)16-28-21-14-9-8-10-15-21/h8-15H,6-7,16H2,1-5H3. The van der Waals surface area contributed by atoms with Crippen molar-refractivity contribution in [3.05, 3.63) is 76.5 Å². The average molecular weight is 376 g/mol. The molecule has 1 aromatic heterocycles. The Balaban J connectivity index is 2.08. The summed E-state index contributed by atoms with van der Waals surface area (Å²) >= 11 is 0. The van der Waals surface area contributed by atoms with E-state index in [9.17, 15) is 0 Å². The molecule has 0 fully saturated rings. The lowest BCUT2D eigenvalue weighted by Crippen LogP contribution is -2.08. The molecule has 0 spiro atoms. The van der Waals surface area contributed by atoms with Crippen LogP contribution in [-0.4, -0.2) is 12.1 Å². The van der Waals surface area contributed by atoms with E-state index >= 15 is 0 Å². The molecule has 0 saturated heterocycles. The molecule has 0 N–H and O–H groups in total. The fraction of sp³-hybridized carbons (Fsp3) is 0.320. The van der Waals surface area contributed by atoms with Crippen molar-refractivity contribution in [2.24, 2.45) is 0 Å². The predicted octanol–water partition coefficient (Wildman–Crippen LogP) is 6.08. The highest BCUT2D eigenvalue weighted by atomic mass is 16.5. The maximum absolute atomic E-state index is 5.99. The molecule has 3 heteroatoms. The van der Waals surface area contributed by atoms with Crippen LogP contribution in [0.4, 0.5) is 0 Å². The van der Waals surface area contributed by atoms with Crippen LogP contribution in [0, 0.1) is 13.8 Å². The van der Waals surface area contributed by atoms with Crippen molar-refractivity contribution < 1.29 is 9.47 Å². The lowest BCUT2D eigenvalue weighted by molar-refractivity contribution is 0.294. The van der Waals surface area contributed by atoms with Crippen LogP contribution in [0.5, 0.6) is 11.5 Å². The Morgan fingerprint density at radius 1 is 0.857 bits per heavy atom. The summed E-state index contributed by atoms with van der Waals surface area (Å²) in [5, 5.41) is 0. The van der Waals surface area contributed by atoms with Gasteiger partial charge < -0.3 is 9.47 Å². The Morgan fingerprint density at radius 2 is 1.50 bits per heavy atom. The average Bonchev–Trinajstić information content (AvgIpc) is 2.74. The van der Waals surface area contributed by atoms with E-state index in [2.05, 4.69) is 39.0 Å². The number of methoxy groups -OCH3 is 1. The number of ether oxygens (including phenoxy) is 2. The second kappa shape index (κ2) is 8.92. The number of hydrogen-bond acceptors (Lipinski definition) is 3. The van der Waals surface area contributed by atoms with Gasteiger partial charge in [0.05, 0.1) is 18.4 Å². The lowest BCUT2D eigenvalue weighted by atomic mass is 9.91. The summed E-state index contributed by atoms with van der Waals surface area (Å²) in [5.74, 6) is 1.71. The summed E-state index contributed by atoms with van der Waals surface area (Å²) in [7, 11) is 1.73. The third kappa shape index (κ3) is 3.89. The first-order valence-corrected chi connectivity index (χ1v) is 9.93. The van der Waals surface area contributed by atoms with E-state index in [0.717, 1.165) is 46.9 Å². The zero-order chi connectivity index (χ0) is 20.1. The van der Waals surface area contributed by atoms with Crippen LogP contribution >= 0.6 is 0 Å². The molecule has 2 aromatic carbocycles. The Bertz CT molecular complexity index is 926. The Kier molecular flexibility index (Phi) is 6.35. The van der Waals surface area contributed by atoms with E-state index < -0.39 is 0 Å². The van der Waals surface area contributed by atoms with Crippen molar-refractivity contribution in [3.8, 4) is 22.8 Å². The molecule has 0 bridgehead atoms. The Hall–Kier alpha value is -2.81. The minimum absolute atomic E-state index is 0.434. The highest BCUT2D eigenvalue weighted by Gasteiger charge is 2.20. The van der Waals surface area contributed by atoms with Gasteiger partial charge >= 0.3 is 0 Å². The van der Waals surface area contributed by atoms with Gasteiger partial charge in [0, 0.05) is 16.8 Å². The van der Waals surface area contributed by atoms with Crippen LogP contribution in [0.3, 0.4) is 0 Å². The maximum Gasteiger partial charge on any atom is 0.132 e. The van der Waals surface area contributed by atoms with Gasteiger partial charge in [-0.05, 0) is 49.9 Å². The van der Waals surface area contributed by atoms with Gasteiger partial charge in [0.2, 0.25) is 0 Å². The van der Waals surface area contributed by atoms with Crippen LogP contribution < -0.4 is 9.47 Å². The molecular weight excluding hydrogens is 346 g/mol. The Labute approximate surface area is 168 Å². The number of rotatable bonds is 7. The van der Waals surface area contributed by atoms with Crippen molar-refractivity contribution in [1.82, 2.24) is 4.98 Å². The van der Waals surface area contributed by atoms with Crippen LogP contribution in [0.15, 0.2) is 48.5 Å². The number of nitrogens with zero attached hydrogens (tertiary/aromatic N) is 1. The number of hydrogen-bond donors (Lipinski definition) is 0. The van der Waals surface area contributed by atoms with Crippen molar-refractivity contribution in [2.75, 3.05) is 7.11 Å². The van der Waals surface area contributed by atoms with Crippen LogP contribution in [0.2, 0.25) is 0 Å². The number of benzene rings is 2. The van der Waals surface area contributed by atoms with Gasteiger partial charge in [-0.25, -0.2) is 0 Å². The molecular formula is C25H29NO2. The fourth-order valence-corrected chi connectivity index (χ4v) is 3.73. The van der Waals surface area contributed by atoms with Gasteiger partial charge in [0.1, 0.15) is 18.1 Å². The van der Waals surface area contributed by atoms with Crippen LogP contribution in [0.1, 0.15) is 41.8 Å². The molecule has 0 radical (unpaired) electrons. The predicted molar refractivity (Wildman–Crippen MR) is 115 cm³/mol. The minimum Gasteiger partial charge on any atom is -0.496 e. The highest BCUT2D eigenvalue weighted by Crippen LogP contribution is 2.37. The van der Waals surface area contributed by atoms with Gasteiger partial charge in [-0.1, -0.05) is 50.2 Å². The first-order valence-electron chi connectivity index (χ1n) is 9.93. The molecule has 0 saturated carbocycles. The molecule has 0 aliphatic carbocycles. The summed E-state index contributed by atoms with van der Waals surface area (Å²) in [6.07, 6.45) is 1.95. The van der Waals surface area contributed by atoms with Gasteiger partial charge in [-0.15, -0.1) is 0 Å². The first-order chi connectivity index (χ1) is 13.6. The smallest absolute Gasteiger partial charge is 0.132 e. The first kappa shape index (κ1) is 19.9. The molecule has 0 unspecified atom stereocenters. The monoisotopic (exact) mass is 375 g/mol. The zero-order valence-electron chi connectivity index (χ0n) is 17.5. The number of pyridine rings is 1. The van der Waals surface area contributed by atoms with E-state index in [-0.39, 0.29) is 0 Å². The number of aromatic nitrogens is 1. The van der Waals surface area contributed by atoms with Gasteiger partial charge in [0.15, 0.2) is 0 Å². The second-order valence-corrected chi connectivity index (χ2v) is 6.94. The molecule has 3 rings (SSSR count). The summed E-state index contributed by atoms with van der Waals surface area (Å²) in [6.45, 7) is 8.95. The van der Waals surface area contributed by atoms with Gasteiger partial charge in [-0.2, -0.15) is 0 Å². The van der Waals surface area contributed by atoms with E-state index in [1.54, 1.807) is 7.11 Å². The minimum atomic E-state index is 0.434. The molecule has 28 heavy (non-hydrogen) atoms. The zero-order valence-corrected chi connectivity index (χ0v) is 17.5. The van der Waals surface area contributed by atoms with Crippen molar-refractivity contribution in [2.45, 2.75) is 47.1 Å². The van der Waals surface area contributed by atoms with E-state index in [1.165, 1.54) is 16.7 Å². The summed E-state index contributed by atoms with van der Waals surface area (Å²) < 4.78 is 11.8. The molecule has 0 atom stereocenters. The number of para-hydroxylation sites is 1. The normalized spacial score (nSPS) is 10.8. The number of aryl methyl sites for hydroxylation is 3. The van der Waals surface area contributed by atoms with E-state index in [4.69, 9.17) is 14.5 Å². The van der Waals surface area contributed by atoms with E-state index in [1.807, 2.05) is 37.3 Å². The Morgan fingerprint density at radius 3 is 2.07 bits per heavy atom. The van der Waals surface area contributed by atoms with Gasteiger partial charge in [-0.3, -0.25) is 4.98 Å². The molecule has 0 aliphatic rings. The molecule has 1 heterocycles. The second-order valence-electron chi connectivity index (χ2n) is 6.94. The summed E-state index contributed by atoms with van der Waals surface area (Å²) in [6, 6.07) is 16.4. The summed E-state index contributed by atoms with van der Waals surface area (Å²) in [4.78, 5) is 5.02. The highest BCUT2D eigenvalue weighted by molar-refractivity contribution is 5.73. The van der Waals surface area contributed by atoms with E-state index in [0.29, 0.717) is 6.61 Å². The molecule has 0 amide bonds. The SMILES string of the molecule is CCc1cccc(CC)c1-c1nc(C)c(COc2ccccc2)c(OC)c1C. The van der Waals surface area contributed by atoms with Crippen molar-refractivity contribution in [1.29, 1.82) is 0 Å². The molecule has 3 nitrogen and oxygen atoms in total. The summed E-state index contributed by atoms with van der Waals surface area (Å²) in [5.41, 5.74) is 7.93. The maximum atomic E-state index is 5.99. The fourth-order valence-electron chi connectivity index (χ4n) is 3.73. The molecule has 3 aromatic rings. The molecule has 146 valence electrons. The largest absolute Gasteiger partial charge is 0.496 e. The van der Waals surface area contributed by atoms with Crippen LogP contribution in [-0.2, 0) is 19.4 Å². The van der Waals surface area contributed by atoms with Crippen molar-refractivity contribution in [3.63, 3.8) is 0 Å². The lowest BCUT2D eigenvalue weighted by Gasteiger charge is -2.20. The topological polar surface area (TPSA) is 31.4 Å². The van der Waals surface area contributed by atoms with Crippen LogP contribution in [0.25, 0.3) is 11.3 Å². The third-order valence-electron chi connectivity index (χ3n) is 5.25. The molecule has 0 aliphatic heterocycles. The van der Waals surface area contributed by atoms with Crippen molar-refractivity contribution >= 4 is 0 Å².